The molecular formula is C57H37N3O. The summed E-state index contributed by atoms with van der Waals surface area (Å²) >= 11 is 0. The third-order valence-electron chi connectivity index (χ3n) is 13.8. The molecule has 4 heterocycles. The van der Waals surface area contributed by atoms with Crippen molar-refractivity contribution in [2.45, 2.75) is 19.3 Å². The van der Waals surface area contributed by atoms with Crippen molar-refractivity contribution in [2.75, 3.05) is 4.90 Å². The van der Waals surface area contributed by atoms with Gasteiger partial charge in [0.2, 0.25) is 0 Å². The van der Waals surface area contributed by atoms with Gasteiger partial charge in [0.1, 0.15) is 11.2 Å². The quantitative estimate of drug-likeness (QED) is 0.166. The van der Waals surface area contributed by atoms with Crippen LogP contribution < -0.4 is 4.90 Å². The molecular weight excluding hydrogens is 743 g/mol. The fraction of sp³-hybridized carbons (Fsp3) is 0.0526. The Morgan fingerprint density at radius 2 is 0.967 bits per heavy atom. The van der Waals surface area contributed by atoms with Gasteiger partial charge in [-0.3, -0.25) is 0 Å². The largest absolute Gasteiger partial charge is 0.456 e. The molecule has 13 aromatic rings. The van der Waals surface area contributed by atoms with E-state index in [0.717, 1.165) is 50.0 Å². The van der Waals surface area contributed by atoms with E-state index in [2.05, 4.69) is 210 Å². The lowest BCUT2D eigenvalue weighted by atomic mass is 9.81. The minimum atomic E-state index is -0.229. The average molecular weight is 780 g/mol. The number of furan rings is 1. The number of fused-ring (bicyclic) bond motifs is 15. The van der Waals surface area contributed by atoms with Crippen molar-refractivity contribution in [1.29, 1.82) is 0 Å². The third kappa shape index (κ3) is 4.28. The molecule has 4 heteroatoms. The predicted molar refractivity (Wildman–Crippen MR) is 255 cm³/mol. The molecule has 0 unspecified atom stereocenters. The minimum absolute atomic E-state index is 0.229. The van der Waals surface area contributed by atoms with Gasteiger partial charge in [0.15, 0.2) is 0 Å². The number of hydrogen-bond donors (Lipinski definition) is 0. The first-order chi connectivity index (χ1) is 30.0. The molecule has 0 spiro atoms. The van der Waals surface area contributed by atoms with E-state index in [1.165, 1.54) is 77.0 Å². The van der Waals surface area contributed by atoms with Gasteiger partial charge in [-0.25, -0.2) is 0 Å². The van der Waals surface area contributed by atoms with Crippen molar-refractivity contribution < 1.29 is 4.42 Å². The Balaban J connectivity index is 1.09. The van der Waals surface area contributed by atoms with Gasteiger partial charge in [-0.05, 0) is 94.0 Å². The van der Waals surface area contributed by atoms with E-state index < -0.39 is 0 Å². The van der Waals surface area contributed by atoms with E-state index in [1.54, 1.807) is 0 Å². The summed E-state index contributed by atoms with van der Waals surface area (Å²) in [6.45, 7) is 4.76. The molecule has 1 aliphatic carbocycles. The molecule has 286 valence electrons. The van der Waals surface area contributed by atoms with E-state index in [0.29, 0.717) is 0 Å². The maximum Gasteiger partial charge on any atom is 0.137 e. The van der Waals surface area contributed by atoms with Gasteiger partial charge in [-0.1, -0.05) is 135 Å². The van der Waals surface area contributed by atoms with Gasteiger partial charge in [0, 0.05) is 55.2 Å². The molecule has 9 aromatic carbocycles. The minimum Gasteiger partial charge on any atom is -0.456 e. The summed E-state index contributed by atoms with van der Waals surface area (Å²) in [4.78, 5) is 2.47. The van der Waals surface area contributed by atoms with E-state index in [-0.39, 0.29) is 5.41 Å². The van der Waals surface area contributed by atoms with Crippen LogP contribution in [-0.2, 0) is 5.41 Å². The van der Waals surface area contributed by atoms with Gasteiger partial charge in [-0.2, -0.15) is 0 Å². The highest BCUT2D eigenvalue weighted by Gasteiger charge is 2.37. The molecule has 4 aromatic heterocycles. The van der Waals surface area contributed by atoms with Crippen LogP contribution in [0.1, 0.15) is 25.0 Å². The Morgan fingerprint density at radius 1 is 0.393 bits per heavy atom. The SMILES string of the molecule is CC1(C)c2cc(-c3ccccc3)ccc2-c2ccc(N(c3ccc4c(c3)oc3ccccc34)c3cccc4c3n3c5ccccc5c5ccc6c7ccccc7n4c6c53)cc21. The fourth-order valence-corrected chi connectivity index (χ4v) is 11.0. The van der Waals surface area contributed by atoms with Crippen LogP contribution in [0.3, 0.4) is 0 Å². The summed E-state index contributed by atoms with van der Waals surface area (Å²) in [5.41, 5.74) is 19.7. The molecule has 0 aliphatic heterocycles. The van der Waals surface area contributed by atoms with Gasteiger partial charge in [-0.15, -0.1) is 0 Å². The Hall–Kier alpha value is -7.82. The van der Waals surface area contributed by atoms with E-state index >= 15 is 0 Å². The van der Waals surface area contributed by atoms with Crippen molar-refractivity contribution in [2.24, 2.45) is 0 Å². The second-order valence-electron chi connectivity index (χ2n) is 17.3. The Morgan fingerprint density at radius 3 is 1.75 bits per heavy atom. The molecule has 0 saturated heterocycles. The first-order valence-electron chi connectivity index (χ1n) is 21.2. The lowest BCUT2D eigenvalue weighted by molar-refractivity contribution is 0.660. The predicted octanol–water partition coefficient (Wildman–Crippen LogP) is 15.6. The highest BCUT2D eigenvalue weighted by atomic mass is 16.3. The van der Waals surface area contributed by atoms with Crippen molar-refractivity contribution in [1.82, 2.24) is 8.80 Å². The van der Waals surface area contributed by atoms with Crippen LogP contribution in [-0.4, -0.2) is 8.80 Å². The zero-order valence-electron chi connectivity index (χ0n) is 33.6. The molecule has 1 aliphatic rings. The zero-order chi connectivity index (χ0) is 40.1. The van der Waals surface area contributed by atoms with E-state index in [4.69, 9.17) is 4.42 Å². The summed E-state index contributed by atoms with van der Waals surface area (Å²) in [7, 11) is 0. The number of hydrogen-bond acceptors (Lipinski definition) is 2. The Bertz CT molecular complexity index is 3970. The van der Waals surface area contributed by atoms with Crippen LogP contribution in [0.15, 0.2) is 192 Å². The van der Waals surface area contributed by atoms with Gasteiger partial charge in [0.05, 0.1) is 38.8 Å². The maximum atomic E-state index is 6.60. The molecule has 0 atom stereocenters. The average Bonchev–Trinajstić information content (AvgIpc) is 4.02. The van der Waals surface area contributed by atoms with Crippen molar-refractivity contribution in [3.05, 3.63) is 199 Å². The molecule has 0 bridgehead atoms. The molecule has 0 amide bonds. The monoisotopic (exact) mass is 779 g/mol. The Labute approximate surface area is 351 Å². The number of benzene rings is 9. The van der Waals surface area contributed by atoms with Crippen LogP contribution >= 0.6 is 0 Å². The summed E-state index contributed by atoms with van der Waals surface area (Å²) < 4.78 is 11.7. The summed E-state index contributed by atoms with van der Waals surface area (Å²) in [5, 5.41) is 7.28. The smallest absolute Gasteiger partial charge is 0.137 e. The van der Waals surface area contributed by atoms with Gasteiger partial charge < -0.3 is 18.1 Å². The van der Waals surface area contributed by atoms with E-state index in [9.17, 15) is 0 Å². The molecule has 61 heavy (non-hydrogen) atoms. The number of rotatable bonds is 4. The molecule has 0 radical (unpaired) electrons. The number of aromatic nitrogens is 2. The number of anilines is 3. The lowest BCUT2D eigenvalue weighted by Crippen LogP contribution is -2.17. The Kier molecular flexibility index (Phi) is 6.33. The zero-order valence-corrected chi connectivity index (χ0v) is 33.6. The molecule has 4 nitrogen and oxygen atoms in total. The highest BCUT2D eigenvalue weighted by Crippen LogP contribution is 2.53. The second-order valence-corrected chi connectivity index (χ2v) is 17.3. The van der Waals surface area contributed by atoms with Gasteiger partial charge in [0.25, 0.3) is 0 Å². The maximum absolute atomic E-state index is 6.60. The van der Waals surface area contributed by atoms with Crippen LogP contribution in [0.5, 0.6) is 0 Å². The number of para-hydroxylation sites is 4. The standard InChI is InChI=1S/C57H37N3O/c1-57(2)46-31-35(34-13-4-3-5-14-34)23-26-38(46)39-27-24-36(32-47(39)57)58(37-25-28-43-42-17-8-11-22-52(42)61-53(43)33-37)50-20-12-21-51-56(50)60-49-19-10-7-16-41(49)45-30-29-44-40-15-6-9-18-48(40)59(51)54(44)55(45)60/h3-33H,1-2H3. The molecule has 14 rings (SSSR count). The van der Waals surface area contributed by atoms with Crippen molar-refractivity contribution >= 4 is 93.6 Å². The summed E-state index contributed by atoms with van der Waals surface area (Å²) in [6.07, 6.45) is 0. The van der Waals surface area contributed by atoms with E-state index in [1.807, 2.05) is 6.07 Å². The lowest BCUT2D eigenvalue weighted by Gasteiger charge is -2.29. The van der Waals surface area contributed by atoms with Crippen molar-refractivity contribution in [3.63, 3.8) is 0 Å². The fourth-order valence-electron chi connectivity index (χ4n) is 11.0. The van der Waals surface area contributed by atoms with Crippen molar-refractivity contribution in [3.8, 4) is 22.3 Å². The first kappa shape index (κ1) is 33.1. The van der Waals surface area contributed by atoms with Crippen LogP contribution in [0.2, 0.25) is 0 Å². The topological polar surface area (TPSA) is 25.2 Å². The summed E-state index contributed by atoms with van der Waals surface area (Å²) in [5.74, 6) is 0. The molecule has 0 fully saturated rings. The van der Waals surface area contributed by atoms with Crippen LogP contribution in [0, 0.1) is 0 Å². The molecule has 0 N–H and O–H groups in total. The summed E-state index contributed by atoms with van der Waals surface area (Å²) in [6, 6.07) is 69.2. The van der Waals surface area contributed by atoms with Crippen LogP contribution in [0.25, 0.3) is 98.8 Å². The first-order valence-corrected chi connectivity index (χ1v) is 21.2. The van der Waals surface area contributed by atoms with Crippen LogP contribution in [0.4, 0.5) is 17.1 Å². The number of nitrogens with zero attached hydrogens (tertiary/aromatic N) is 3. The second kappa shape index (κ2) is 11.7. The van der Waals surface area contributed by atoms with Gasteiger partial charge >= 0.3 is 0 Å². The normalized spacial score (nSPS) is 13.5. The molecule has 0 saturated carbocycles. The third-order valence-corrected chi connectivity index (χ3v) is 13.8. The highest BCUT2D eigenvalue weighted by molar-refractivity contribution is 6.26.